The number of ether oxygens (including phenoxy) is 1. The second-order valence-electron chi connectivity index (χ2n) is 5.30. The van der Waals surface area contributed by atoms with Crippen molar-refractivity contribution in [1.29, 1.82) is 0 Å². The molecule has 0 bridgehead atoms. The van der Waals surface area contributed by atoms with Gasteiger partial charge in [-0.1, -0.05) is 20.8 Å². The van der Waals surface area contributed by atoms with Crippen molar-refractivity contribution in [2.75, 3.05) is 0 Å². The summed E-state index contributed by atoms with van der Waals surface area (Å²) in [6, 6.07) is 3.05. The Morgan fingerprint density at radius 2 is 1.94 bits per heavy atom. The van der Waals surface area contributed by atoms with Crippen LogP contribution < -0.4 is 4.74 Å². The molecule has 1 N–H and O–H groups in total. The van der Waals surface area contributed by atoms with Crippen LogP contribution in [0.4, 0.5) is 0 Å². The van der Waals surface area contributed by atoms with Crippen molar-refractivity contribution in [1.82, 2.24) is 4.98 Å². The first-order valence-electron chi connectivity index (χ1n) is 5.62. The largest absolute Gasteiger partial charge is 0.478 e. The van der Waals surface area contributed by atoms with E-state index < -0.39 is 5.97 Å². The van der Waals surface area contributed by atoms with Gasteiger partial charge >= 0.3 is 5.97 Å². The second-order valence-corrected chi connectivity index (χ2v) is 5.30. The fraction of sp³-hybridized carbons (Fsp3) is 0.538. The minimum atomic E-state index is -0.966. The van der Waals surface area contributed by atoms with E-state index in [-0.39, 0.29) is 17.1 Å². The molecule has 1 heterocycles. The number of pyridine rings is 1. The van der Waals surface area contributed by atoms with Crippen LogP contribution in [0.3, 0.4) is 0 Å². The van der Waals surface area contributed by atoms with E-state index in [2.05, 4.69) is 4.98 Å². The number of hydrogen-bond acceptors (Lipinski definition) is 3. The van der Waals surface area contributed by atoms with E-state index in [1.807, 2.05) is 34.6 Å². The summed E-state index contributed by atoms with van der Waals surface area (Å²) in [5, 5.41) is 9.05. The number of aromatic carboxylic acids is 1. The van der Waals surface area contributed by atoms with Crippen LogP contribution in [0.5, 0.6) is 5.88 Å². The standard InChI is InChI=1S/C13H19NO3/c1-8(2)17-11-7-9(12(15)16)6-10(14-11)13(3,4)5/h6-8H,1-5H3,(H,15,16). The first-order valence-corrected chi connectivity index (χ1v) is 5.62. The van der Waals surface area contributed by atoms with Gasteiger partial charge in [0.2, 0.25) is 5.88 Å². The lowest BCUT2D eigenvalue weighted by Crippen LogP contribution is -2.17. The Bertz CT molecular complexity index is 419. The van der Waals surface area contributed by atoms with Crippen LogP contribution in [0.1, 0.15) is 50.7 Å². The topological polar surface area (TPSA) is 59.4 Å². The zero-order chi connectivity index (χ0) is 13.2. The lowest BCUT2D eigenvalue weighted by molar-refractivity contribution is 0.0695. The van der Waals surface area contributed by atoms with Crippen LogP contribution in [0.15, 0.2) is 12.1 Å². The smallest absolute Gasteiger partial charge is 0.335 e. The molecule has 0 atom stereocenters. The molecule has 1 rings (SSSR count). The molecule has 4 heteroatoms. The highest BCUT2D eigenvalue weighted by atomic mass is 16.5. The third kappa shape index (κ3) is 3.73. The minimum absolute atomic E-state index is 0.0284. The maximum Gasteiger partial charge on any atom is 0.335 e. The van der Waals surface area contributed by atoms with Gasteiger partial charge < -0.3 is 9.84 Å². The van der Waals surface area contributed by atoms with Crippen molar-refractivity contribution in [3.8, 4) is 5.88 Å². The minimum Gasteiger partial charge on any atom is -0.478 e. The van der Waals surface area contributed by atoms with E-state index in [1.165, 1.54) is 6.07 Å². The fourth-order valence-electron chi connectivity index (χ4n) is 1.31. The van der Waals surface area contributed by atoms with Crippen molar-refractivity contribution < 1.29 is 14.6 Å². The van der Waals surface area contributed by atoms with E-state index in [0.29, 0.717) is 11.6 Å². The normalized spacial score (nSPS) is 11.6. The lowest BCUT2D eigenvalue weighted by Gasteiger charge is -2.20. The first kappa shape index (κ1) is 13.5. The zero-order valence-electron chi connectivity index (χ0n) is 10.9. The molecule has 0 saturated heterocycles. The molecule has 0 amide bonds. The molecule has 94 valence electrons. The van der Waals surface area contributed by atoms with Gasteiger partial charge in [0, 0.05) is 11.5 Å². The molecule has 0 aliphatic heterocycles. The average molecular weight is 237 g/mol. The highest BCUT2D eigenvalue weighted by Crippen LogP contribution is 2.24. The molecule has 0 saturated carbocycles. The van der Waals surface area contributed by atoms with Gasteiger partial charge in [0.25, 0.3) is 0 Å². The molecule has 4 nitrogen and oxygen atoms in total. The quantitative estimate of drug-likeness (QED) is 0.878. The maximum absolute atomic E-state index is 11.0. The Morgan fingerprint density at radius 3 is 2.35 bits per heavy atom. The molecule has 0 aliphatic rings. The summed E-state index contributed by atoms with van der Waals surface area (Å²) >= 11 is 0. The highest BCUT2D eigenvalue weighted by Gasteiger charge is 2.19. The molecule has 0 fully saturated rings. The summed E-state index contributed by atoms with van der Waals surface area (Å²) in [7, 11) is 0. The summed E-state index contributed by atoms with van der Waals surface area (Å²) < 4.78 is 5.47. The molecule has 0 aromatic carbocycles. The van der Waals surface area contributed by atoms with Crippen LogP contribution in [0.25, 0.3) is 0 Å². The Kier molecular flexibility index (Phi) is 3.76. The third-order valence-corrected chi connectivity index (χ3v) is 2.17. The zero-order valence-corrected chi connectivity index (χ0v) is 10.9. The Morgan fingerprint density at radius 1 is 1.35 bits per heavy atom. The predicted molar refractivity (Wildman–Crippen MR) is 65.7 cm³/mol. The van der Waals surface area contributed by atoms with E-state index in [4.69, 9.17) is 9.84 Å². The van der Waals surface area contributed by atoms with E-state index in [9.17, 15) is 4.79 Å². The molecule has 17 heavy (non-hydrogen) atoms. The Hall–Kier alpha value is -1.58. The summed E-state index contributed by atoms with van der Waals surface area (Å²) in [4.78, 5) is 15.4. The van der Waals surface area contributed by atoms with E-state index in [0.717, 1.165) is 0 Å². The van der Waals surface area contributed by atoms with Crippen molar-refractivity contribution in [2.24, 2.45) is 0 Å². The number of hydrogen-bond donors (Lipinski definition) is 1. The van der Waals surface area contributed by atoms with Crippen LogP contribution in [-0.2, 0) is 5.41 Å². The molecule has 0 radical (unpaired) electrons. The number of aromatic nitrogens is 1. The van der Waals surface area contributed by atoms with Gasteiger partial charge in [0.1, 0.15) is 0 Å². The van der Waals surface area contributed by atoms with E-state index >= 15 is 0 Å². The van der Waals surface area contributed by atoms with Crippen LogP contribution in [0.2, 0.25) is 0 Å². The third-order valence-electron chi connectivity index (χ3n) is 2.17. The number of rotatable bonds is 3. The average Bonchev–Trinajstić information content (AvgIpc) is 2.14. The summed E-state index contributed by atoms with van der Waals surface area (Å²) in [5.41, 5.74) is 0.717. The second kappa shape index (κ2) is 4.73. The summed E-state index contributed by atoms with van der Waals surface area (Å²) in [5.74, 6) is -0.601. The van der Waals surface area contributed by atoms with Gasteiger partial charge in [0.15, 0.2) is 0 Å². The van der Waals surface area contributed by atoms with Crippen molar-refractivity contribution in [3.05, 3.63) is 23.4 Å². The predicted octanol–water partition coefficient (Wildman–Crippen LogP) is 2.86. The Labute approximate surface area is 102 Å². The monoisotopic (exact) mass is 237 g/mol. The van der Waals surface area contributed by atoms with Gasteiger partial charge in [0.05, 0.1) is 17.4 Å². The lowest BCUT2D eigenvalue weighted by atomic mass is 9.91. The van der Waals surface area contributed by atoms with Gasteiger partial charge in [-0.2, -0.15) is 0 Å². The molecule has 0 spiro atoms. The Balaban J connectivity index is 3.24. The highest BCUT2D eigenvalue weighted by molar-refractivity contribution is 5.88. The number of nitrogens with zero attached hydrogens (tertiary/aromatic N) is 1. The number of carbonyl (C=O) groups is 1. The van der Waals surface area contributed by atoms with Gasteiger partial charge in [-0.05, 0) is 19.9 Å². The molecule has 1 aromatic rings. The summed E-state index contributed by atoms with van der Waals surface area (Å²) in [6.07, 6.45) is -0.0284. The molecular weight excluding hydrogens is 218 g/mol. The molecule has 0 unspecified atom stereocenters. The summed E-state index contributed by atoms with van der Waals surface area (Å²) in [6.45, 7) is 9.72. The number of carboxylic acid groups (broad SMARTS) is 1. The molecule has 0 aliphatic carbocycles. The fourth-order valence-corrected chi connectivity index (χ4v) is 1.31. The molecule has 1 aromatic heterocycles. The maximum atomic E-state index is 11.0. The van der Waals surface area contributed by atoms with Crippen LogP contribution in [0, 0.1) is 0 Å². The van der Waals surface area contributed by atoms with E-state index in [1.54, 1.807) is 6.07 Å². The molecular formula is C13H19NO3. The van der Waals surface area contributed by atoms with Crippen molar-refractivity contribution in [2.45, 2.75) is 46.1 Å². The van der Waals surface area contributed by atoms with Crippen LogP contribution in [-0.4, -0.2) is 22.2 Å². The first-order chi connectivity index (χ1) is 7.70. The van der Waals surface area contributed by atoms with Gasteiger partial charge in [-0.25, -0.2) is 9.78 Å². The van der Waals surface area contributed by atoms with Gasteiger partial charge in [-0.3, -0.25) is 0 Å². The van der Waals surface area contributed by atoms with Gasteiger partial charge in [-0.15, -0.1) is 0 Å². The van der Waals surface area contributed by atoms with Crippen molar-refractivity contribution in [3.63, 3.8) is 0 Å². The SMILES string of the molecule is CC(C)Oc1cc(C(=O)O)cc(C(C)(C)C)n1. The van der Waals surface area contributed by atoms with Crippen LogP contribution >= 0.6 is 0 Å². The van der Waals surface area contributed by atoms with Crippen molar-refractivity contribution >= 4 is 5.97 Å². The number of carboxylic acids is 1.